The lowest BCUT2D eigenvalue weighted by atomic mass is 10.2. The Morgan fingerprint density at radius 2 is 2.25 bits per heavy atom. The highest BCUT2D eigenvalue weighted by Crippen LogP contribution is 2.15. The first-order valence-electron chi connectivity index (χ1n) is 5.50. The van der Waals surface area contributed by atoms with Gasteiger partial charge in [0.1, 0.15) is 18.1 Å². The highest BCUT2D eigenvalue weighted by Gasteiger charge is 2.08. The Labute approximate surface area is 96.9 Å². The minimum absolute atomic E-state index is 0.0863. The fourth-order valence-corrected chi connectivity index (χ4v) is 1.50. The number of ether oxygens (including phenoxy) is 2. The maximum absolute atomic E-state index is 5.66. The average molecular weight is 227 g/mol. The van der Waals surface area contributed by atoms with Crippen LogP contribution in [0.3, 0.4) is 0 Å². The van der Waals surface area contributed by atoms with Crippen LogP contribution in [0.5, 0.6) is 0 Å². The number of hydrogen-bond acceptors (Lipinski definition) is 4. The highest BCUT2D eigenvalue weighted by molar-refractivity contribution is 5.19. The summed E-state index contributed by atoms with van der Waals surface area (Å²) in [6.07, 6.45) is 0.0863. The average Bonchev–Trinajstić information content (AvgIpc) is 2.58. The van der Waals surface area contributed by atoms with E-state index in [1.807, 2.05) is 27.0 Å². The van der Waals surface area contributed by atoms with Crippen LogP contribution in [0.15, 0.2) is 10.5 Å². The van der Waals surface area contributed by atoms with Crippen LogP contribution in [-0.4, -0.2) is 26.9 Å². The molecule has 1 rings (SSSR count). The molecule has 0 fully saturated rings. The van der Waals surface area contributed by atoms with E-state index in [-0.39, 0.29) is 6.10 Å². The second-order valence-corrected chi connectivity index (χ2v) is 3.93. The first-order chi connectivity index (χ1) is 7.67. The molecule has 0 aliphatic rings. The molecule has 0 radical (unpaired) electrons. The van der Waals surface area contributed by atoms with Crippen molar-refractivity contribution in [3.8, 4) is 0 Å². The van der Waals surface area contributed by atoms with Crippen molar-refractivity contribution >= 4 is 0 Å². The zero-order valence-electron chi connectivity index (χ0n) is 10.5. The van der Waals surface area contributed by atoms with Crippen LogP contribution in [0.2, 0.25) is 0 Å². The van der Waals surface area contributed by atoms with Crippen molar-refractivity contribution in [2.45, 2.75) is 33.1 Å². The third-order valence-electron chi connectivity index (χ3n) is 2.32. The van der Waals surface area contributed by atoms with Crippen LogP contribution >= 0.6 is 0 Å². The summed E-state index contributed by atoms with van der Waals surface area (Å²) in [7, 11) is 3.57. The molecular formula is C12H21NO3. The summed E-state index contributed by atoms with van der Waals surface area (Å²) in [5, 5.41) is 3.07. The van der Waals surface area contributed by atoms with Crippen molar-refractivity contribution in [3.63, 3.8) is 0 Å². The van der Waals surface area contributed by atoms with Crippen molar-refractivity contribution in [1.29, 1.82) is 0 Å². The maximum Gasteiger partial charge on any atom is 0.130 e. The van der Waals surface area contributed by atoms with Gasteiger partial charge in [0.25, 0.3) is 0 Å². The van der Waals surface area contributed by atoms with Crippen LogP contribution in [0.25, 0.3) is 0 Å². The Morgan fingerprint density at radius 3 is 2.88 bits per heavy atom. The summed E-state index contributed by atoms with van der Waals surface area (Å²) >= 11 is 0. The molecule has 1 atom stereocenters. The quantitative estimate of drug-likeness (QED) is 0.772. The van der Waals surface area contributed by atoms with Crippen LogP contribution < -0.4 is 5.32 Å². The van der Waals surface area contributed by atoms with E-state index in [0.29, 0.717) is 13.2 Å². The molecule has 0 bridgehead atoms. The molecule has 92 valence electrons. The zero-order valence-corrected chi connectivity index (χ0v) is 10.5. The summed E-state index contributed by atoms with van der Waals surface area (Å²) < 4.78 is 16.2. The smallest absolute Gasteiger partial charge is 0.130 e. The Kier molecular flexibility index (Phi) is 5.52. The minimum atomic E-state index is 0.0863. The Morgan fingerprint density at radius 1 is 1.50 bits per heavy atom. The van der Waals surface area contributed by atoms with Gasteiger partial charge in [-0.3, -0.25) is 0 Å². The fourth-order valence-electron chi connectivity index (χ4n) is 1.50. The normalized spacial score (nSPS) is 13.0. The standard InChI is InChI=1S/C12H21NO3/c1-9-5-11(16-12(9)6-13-3)8-15-10(2)7-14-4/h5,10,13H,6-8H2,1-4H3. The molecule has 4 heteroatoms. The van der Waals surface area contributed by atoms with Crippen LogP contribution in [0.1, 0.15) is 24.0 Å². The Balaban J connectivity index is 2.45. The number of methoxy groups -OCH3 is 1. The van der Waals surface area contributed by atoms with E-state index in [1.54, 1.807) is 7.11 Å². The van der Waals surface area contributed by atoms with Gasteiger partial charge < -0.3 is 19.2 Å². The van der Waals surface area contributed by atoms with Gasteiger partial charge in [-0.2, -0.15) is 0 Å². The van der Waals surface area contributed by atoms with Crippen molar-refractivity contribution in [1.82, 2.24) is 5.32 Å². The lowest BCUT2D eigenvalue weighted by Crippen LogP contribution is -2.14. The molecular weight excluding hydrogens is 206 g/mol. The highest BCUT2D eigenvalue weighted by atomic mass is 16.5. The number of furan rings is 1. The van der Waals surface area contributed by atoms with Gasteiger partial charge in [-0.15, -0.1) is 0 Å². The number of nitrogens with one attached hydrogen (secondary N) is 1. The van der Waals surface area contributed by atoms with Crippen LogP contribution in [-0.2, 0) is 22.6 Å². The molecule has 4 nitrogen and oxygen atoms in total. The largest absolute Gasteiger partial charge is 0.462 e. The zero-order chi connectivity index (χ0) is 12.0. The van der Waals surface area contributed by atoms with Crippen molar-refractivity contribution in [3.05, 3.63) is 23.2 Å². The second-order valence-electron chi connectivity index (χ2n) is 3.93. The topological polar surface area (TPSA) is 43.6 Å². The lowest BCUT2D eigenvalue weighted by Gasteiger charge is -2.10. The molecule has 1 N–H and O–H groups in total. The lowest BCUT2D eigenvalue weighted by molar-refractivity contribution is -0.00664. The molecule has 16 heavy (non-hydrogen) atoms. The molecule has 1 aromatic heterocycles. The molecule has 0 amide bonds. The van der Waals surface area contributed by atoms with E-state index in [2.05, 4.69) is 5.32 Å². The first kappa shape index (κ1) is 13.2. The van der Waals surface area contributed by atoms with E-state index in [0.717, 1.165) is 23.6 Å². The van der Waals surface area contributed by atoms with Gasteiger partial charge in [-0.1, -0.05) is 0 Å². The molecule has 0 saturated heterocycles. The van der Waals surface area contributed by atoms with Gasteiger partial charge in [-0.05, 0) is 32.5 Å². The molecule has 0 aliphatic carbocycles. The maximum atomic E-state index is 5.66. The van der Waals surface area contributed by atoms with E-state index < -0.39 is 0 Å². The molecule has 0 spiro atoms. The van der Waals surface area contributed by atoms with Crippen molar-refractivity contribution in [2.24, 2.45) is 0 Å². The number of aryl methyl sites for hydroxylation is 1. The van der Waals surface area contributed by atoms with Crippen LogP contribution in [0, 0.1) is 6.92 Å². The number of rotatable bonds is 7. The third kappa shape index (κ3) is 3.96. The molecule has 1 unspecified atom stereocenters. The molecule has 0 saturated carbocycles. The summed E-state index contributed by atoms with van der Waals surface area (Å²) in [5.41, 5.74) is 1.16. The summed E-state index contributed by atoms with van der Waals surface area (Å²) in [5.74, 6) is 1.84. The fraction of sp³-hybridized carbons (Fsp3) is 0.667. The summed E-state index contributed by atoms with van der Waals surface area (Å²) in [4.78, 5) is 0. The van der Waals surface area contributed by atoms with Gasteiger partial charge in [0, 0.05) is 7.11 Å². The van der Waals surface area contributed by atoms with Gasteiger partial charge >= 0.3 is 0 Å². The molecule has 0 aromatic carbocycles. The van der Waals surface area contributed by atoms with Gasteiger partial charge in [0.15, 0.2) is 0 Å². The van der Waals surface area contributed by atoms with E-state index in [4.69, 9.17) is 13.9 Å². The monoisotopic (exact) mass is 227 g/mol. The van der Waals surface area contributed by atoms with E-state index in [1.165, 1.54) is 0 Å². The third-order valence-corrected chi connectivity index (χ3v) is 2.32. The van der Waals surface area contributed by atoms with Crippen LogP contribution in [0.4, 0.5) is 0 Å². The van der Waals surface area contributed by atoms with E-state index >= 15 is 0 Å². The first-order valence-corrected chi connectivity index (χ1v) is 5.50. The van der Waals surface area contributed by atoms with Crippen molar-refractivity contribution in [2.75, 3.05) is 20.8 Å². The second kappa shape index (κ2) is 6.68. The summed E-state index contributed by atoms with van der Waals surface area (Å²) in [6.45, 7) is 5.86. The number of hydrogen-bond donors (Lipinski definition) is 1. The SMILES string of the molecule is CNCc1oc(COC(C)COC)cc1C. The molecule has 0 aliphatic heterocycles. The predicted molar refractivity (Wildman–Crippen MR) is 62.3 cm³/mol. The van der Waals surface area contributed by atoms with E-state index in [9.17, 15) is 0 Å². The summed E-state index contributed by atoms with van der Waals surface area (Å²) in [6, 6.07) is 2.02. The molecule has 1 heterocycles. The van der Waals surface area contributed by atoms with Gasteiger partial charge in [0.2, 0.25) is 0 Å². The molecule has 1 aromatic rings. The Bertz CT molecular complexity index is 309. The predicted octanol–water partition coefficient (Wildman–Crippen LogP) is 1.86. The van der Waals surface area contributed by atoms with Gasteiger partial charge in [0.05, 0.1) is 19.3 Å². The van der Waals surface area contributed by atoms with Gasteiger partial charge in [-0.25, -0.2) is 0 Å². The van der Waals surface area contributed by atoms with Crippen molar-refractivity contribution < 1.29 is 13.9 Å². The minimum Gasteiger partial charge on any atom is -0.462 e. The Hall–Kier alpha value is -0.840.